The molecule has 1 unspecified atom stereocenters. The van der Waals surface area contributed by atoms with Crippen molar-refractivity contribution in [1.29, 1.82) is 0 Å². The lowest BCUT2D eigenvalue weighted by Crippen LogP contribution is -2.49. The molecule has 1 aromatic rings. The van der Waals surface area contributed by atoms with Crippen LogP contribution in [0.2, 0.25) is 0 Å². The Bertz CT molecular complexity index is 595. The van der Waals surface area contributed by atoms with E-state index in [9.17, 15) is 9.59 Å². The topological polar surface area (TPSA) is 80.6 Å². The third kappa shape index (κ3) is 3.93. The predicted molar refractivity (Wildman–Crippen MR) is 90.7 cm³/mol. The van der Waals surface area contributed by atoms with Crippen LogP contribution in [0.25, 0.3) is 0 Å². The number of aromatic nitrogens is 3. The Labute approximate surface area is 148 Å². The standard InChI is InChI=1S/C17H27N5O3/c1-3-4-14(2)22-11-17(25-16(22)24)6-9-20(10-7-17)15(23)5-8-21-13-18-12-19-21/h12-14H,3-11H2,1-2H3. The van der Waals surface area contributed by atoms with Gasteiger partial charge in [-0.3, -0.25) is 9.48 Å². The van der Waals surface area contributed by atoms with Gasteiger partial charge >= 0.3 is 6.09 Å². The number of amides is 2. The smallest absolute Gasteiger partial charge is 0.410 e. The first-order chi connectivity index (χ1) is 12.0. The third-order valence-electron chi connectivity index (χ3n) is 5.28. The summed E-state index contributed by atoms with van der Waals surface area (Å²) in [6.45, 7) is 6.66. The number of hydrogen-bond acceptors (Lipinski definition) is 5. The molecule has 2 aliphatic heterocycles. The van der Waals surface area contributed by atoms with Gasteiger partial charge in [-0.2, -0.15) is 5.10 Å². The zero-order valence-corrected chi connectivity index (χ0v) is 15.1. The maximum absolute atomic E-state index is 12.4. The fraction of sp³-hybridized carbons (Fsp3) is 0.765. The van der Waals surface area contributed by atoms with Crippen molar-refractivity contribution in [2.45, 2.75) is 64.1 Å². The van der Waals surface area contributed by atoms with Gasteiger partial charge in [0.1, 0.15) is 18.3 Å². The molecule has 0 saturated carbocycles. The van der Waals surface area contributed by atoms with E-state index in [1.165, 1.54) is 6.33 Å². The number of ether oxygens (including phenoxy) is 1. The molecule has 3 heterocycles. The van der Waals surface area contributed by atoms with Gasteiger partial charge < -0.3 is 14.5 Å². The number of likely N-dealkylation sites (tertiary alicyclic amines) is 1. The Morgan fingerprint density at radius 3 is 2.80 bits per heavy atom. The average Bonchev–Trinajstić information content (AvgIpc) is 3.22. The molecule has 2 amide bonds. The quantitative estimate of drug-likeness (QED) is 0.780. The summed E-state index contributed by atoms with van der Waals surface area (Å²) < 4.78 is 7.41. The second kappa shape index (κ2) is 7.41. The molecule has 0 bridgehead atoms. The van der Waals surface area contributed by atoms with Crippen LogP contribution in [0.15, 0.2) is 12.7 Å². The van der Waals surface area contributed by atoms with Gasteiger partial charge in [0.2, 0.25) is 5.91 Å². The third-order valence-corrected chi connectivity index (χ3v) is 5.28. The minimum absolute atomic E-state index is 0.117. The summed E-state index contributed by atoms with van der Waals surface area (Å²) in [6, 6.07) is 0.208. The molecule has 2 saturated heterocycles. The van der Waals surface area contributed by atoms with Crippen molar-refractivity contribution in [2.75, 3.05) is 19.6 Å². The molecule has 8 heteroatoms. The number of rotatable bonds is 6. The van der Waals surface area contributed by atoms with E-state index in [-0.39, 0.29) is 18.0 Å². The van der Waals surface area contributed by atoms with Crippen LogP contribution in [0.3, 0.4) is 0 Å². The Kier molecular flexibility index (Phi) is 5.24. The van der Waals surface area contributed by atoms with Crippen LogP contribution in [0.4, 0.5) is 4.79 Å². The molecule has 2 aliphatic rings. The van der Waals surface area contributed by atoms with Crippen LogP contribution in [0, 0.1) is 0 Å². The molecule has 138 valence electrons. The van der Waals surface area contributed by atoms with Gasteiger partial charge in [-0.15, -0.1) is 0 Å². The van der Waals surface area contributed by atoms with Gasteiger partial charge in [0.25, 0.3) is 0 Å². The zero-order valence-electron chi connectivity index (χ0n) is 15.1. The lowest BCUT2D eigenvalue weighted by Gasteiger charge is -2.37. The molecule has 0 aliphatic carbocycles. The summed E-state index contributed by atoms with van der Waals surface area (Å²) in [5.41, 5.74) is -0.415. The molecule has 3 rings (SSSR count). The van der Waals surface area contributed by atoms with Gasteiger partial charge in [-0.1, -0.05) is 13.3 Å². The molecule has 0 N–H and O–H groups in total. The molecule has 1 atom stereocenters. The predicted octanol–water partition coefficient (Wildman–Crippen LogP) is 1.67. The molecule has 25 heavy (non-hydrogen) atoms. The number of piperidine rings is 1. The van der Waals surface area contributed by atoms with E-state index in [1.807, 2.05) is 9.80 Å². The van der Waals surface area contributed by atoms with E-state index >= 15 is 0 Å². The SMILES string of the molecule is CCCC(C)N1CC2(CCN(C(=O)CCn3cncn3)CC2)OC1=O. The highest BCUT2D eigenvalue weighted by Gasteiger charge is 2.48. The summed E-state index contributed by atoms with van der Waals surface area (Å²) in [6.07, 6.45) is 6.75. The van der Waals surface area contributed by atoms with Crippen molar-refractivity contribution < 1.29 is 14.3 Å². The fourth-order valence-corrected chi connectivity index (χ4v) is 3.70. The maximum atomic E-state index is 12.4. The van der Waals surface area contributed by atoms with Crippen molar-refractivity contribution in [1.82, 2.24) is 24.6 Å². The Morgan fingerprint density at radius 2 is 2.16 bits per heavy atom. The summed E-state index contributed by atoms with van der Waals surface area (Å²) in [4.78, 5) is 32.2. The van der Waals surface area contributed by atoms with E-state index in [0.29, 0.717) is 45.4 Å². The number of hydrogen-bond donors (Lipinski definition) is 0. The van der Waals surface area contributed by atoms with Gasteiger partial charge in [0.15, 0.2) is 0 Å². The van der Waals surface area contributed by atoms with Crippen molar-refractivity contribution >= 4 is 12.0 Å². The van der Waals surface area contributed by atoms with Crippen LogP contribution >= 0.6 is 0 Å². The highest BCUT2D eigenvalue weighted by Crippen LogP contribution is 2.34. The second-order valence-electron chi connectivity index (χ2n) is 7.11. The molecule has 0 aromatic carbocycles. The molecule has 1 aromatic heterocycles. The van der Waals surface area contributed by atoms with Crippen LogP contribution in [0.1, 0.15) is 46.0 Å². The minimum atomic E-state index is -0.415. The Balaban J connectivity index is 1.49. The normalized spacial score (nSPS) is 20.8. The molecule has 0 radical (unpaired) electrons. The van der Waals surface area contributed by atoms with E-state index in [4.69, 9.17) is 4.74 Å². The number of carbonyl (C=O) groups is 2. The molecular weight excluding hydrogens is 322 g/mol. The van der Waals surface area contributed by atoms with Gasteiger partial charge in [0, 0.05) is 38.4 Å². The first-order valence-electron chi connectivity index (χ1n) is 9.13. The van der Waals surface area contributed by atoms with Crippen LogP contribution in [-0.2, 0) is 16.1 Å². The van der Waals surface area contributed by atoms with Crippen LogP contribution < -0.4 is 0 Å². The van der Waals surface area contributed by atoms with Gasteiger partial charge in [0.05, 0.1) is 13.1 Å². The first kappa shape index (κ1) is 17.7. The van der Waals surface area contributed by atoms with Crippen molar-refractivity contribution in [3.05, 3.63) is 12.7 Å². The fourth-order valence-electron chi connectivity index (χ4n) is 3.70. The molecular formula is C17H27N5O3. The van der Waals surface area contributed by atoms with Crippen LogP contribution in [0.5, 0.6) is 0 Å². The van der Waals surface area contributed by atoms with Gasteiger partial charge in [-0.05, 0) is 13.3 Å². The molecule has 1 spiro atoms. The molecule has 8 nitrogen and oxygen atoms in total. The monoisotopic (exact) mass is 349 g/mol. The summed E-state index contributed by atoms with van der Waals surface area (Å²) in [5.74, 6) is 0.117. The van der Waals surface area contributed by atoms with Gasteiger partial charge in [-0.25, -0.2) is 9.78 Å². The summed E-state index contributed by atoms with van der Waals surface area (Å²) in [5, 5.41) is 4.01. The van der Waals surface area contributed by atoms with Crippen LogP contribution in [-0.4, -0.2) is 67.8 Å². The van der Waals surface area contributed by atoms with E-state index in [2.05, 4.69) is 23.9 Å². The zero-order chi connectivity index (χ0) is 17.9. The molecule has 2 fully saturated rings. The highest BCUT2D eigenvalue weighted by molar-refractivity contribution is 5.76. The second-order valence-corrected chi connectivity index (χ2v) is 7.11. The summed E-state index contributed by atoms with van der Waals surface area (Å²) in [7, 11) is 0. The van der Waals surface area contributed by atoms with Crippen molar-refractivity contribution in [3.8, 4) is 0 Å². The van der Waals surface area contributed by atoms with E-state index in [1.54, 1.807) is 11.0 Å². The maximum Gasteiger partial charge on any atom is 0.410 e. The summed E-state index contributed by atoms with van der Waals surface area (Å²) >= 11 is 0. The van der Waals surface area contributed by atoms with Crippen molar-refractivity contribution in [3.63, 3.8) is 0 Å². The Hall–Kier alpha value is -2.12. The van der Waals surface area contributed by atoms with Crippen molar-refractivity contribution in [2.24, 2.45) is 0 Å². The minimum Gasteiger partial charge on any atom is -0.441 e. The first-order valence-corrected chi connectivity index (χ1v) is 9.13. The number of aryl methyl sites for hydroxylation is 1. The largest absolute Gasteiger partial charge is 0.441 e. The lowest BCUT2D eigenvalue weighted by atomic mass is 9.90. The highest BCUT2D eigenvalue weighted by atomic mass is 16.6. The lowest BCUT2D eigenvalue weighted by molar-refractivity contribution is -0.134. The number of carbonyl (C=O) groups excluding carboxylic acids is 2. The van der Waals surface area contributed by atoms with E-state index in [0.717, 1.165) is 12.8 Å². The number of nitrogens with zero attached hydrogens (tertiary/aromatic N) is 5. The Morgan fingerprint density at radius 1 is 1.40 bits per heavy atom. The van der Waals surface area contributed by atoms with E-state index < -0.39 is 5.60 Å². The average molecular weight is 349 g/mol.